The standard InChI is InChI=1S/C14H22N2O/c1-10(2)11(3)15-12(4)14(17)16-13-8-6-5-7-9-13/h5-12,15H,1-4H3,(H,16,17). The fraction of sp³-hybridized carbons (Fsp3) is 0.500. The first-order valence-corrected chi connectivity index (χ1v) is 6.12. The zero-order chi connectivity index (χ0) is 12.8. The molecule has 2 N–H and O–H groups in total. The summed E-state index contributed by atoms with van der Waals surface area (Å²) < 4.78 is 0. The Hall–Kier alpha value is -1.35. The molecule has 0 aromatic heterocycles. The van der Waals surface area contributed by atoms with Gasteiger partial charge < -0.3 is 10.6 Å². The number of nitrogens with one attached hydrogen (secondary N) is 2. The van der Waals surface area contributed by atoms with E-state index in [0.717, 1.165) is 5.69 Å². The van der Waals surface area contributed by atoms with Gasteiger partial charge in [-0.1, -0.05) is 32.0 Å². The second kappa shape index (κ2) is 6.40. The minimum absolute atomic E-state index is 0.00343. The maximum atomic E-state index is 11.9. The number of benzene rings is 1. The van der Waals surface area contributed by atoms with Gasteiger partial charge in [-0.25, -0.2) is 0 Å². The molecule has 0 fully saturated rings. The normalized spacial score (nSPS) is 14.4. The van der Waals surface area contributed by atoms with Gasteiger partial charge in [-0.05, 0) is 31.9 Å². The molecule has 94 valence electrons. The Morgan fingerprint density at radius 3 is 2.18 bits per heavy atom. The molecule has 0 aliphatic heterocycles. The van der Waals surface area contributed by atoms with Crippen molar-refractivity contribution in [2.75, 3.05) is 5.32 Å². The van der Waals surface area contributed by atoms with E-state index in [2.05, 4.69) is 31.4 Å². The Bertz CT molecular complexity index is 348. The van der Waals surface area contributed by atoms with Crippen LogP contribution in [0.3, 0.4) is 0 Å². The lowest BCUT2D eigenvalue weighted by Crippen LogP contribution is -2.44. The number of amides is 1. The van der Waals surface area contributed by atoms with Crippen LogP contribution < -0.4 is 10.6 Å². The Balaban J connectivity index is 2.48. The average Bonchev–Trinajstić information content (AvgIpc) is 2.29. The summed E-state index contributed by atoms with van der Waals surface area (Å²) in [6, 6.07) is 9.65. The molecule has 3 heteroatoms. The van der Waals surface area contributed by atoms with Gasteiger partial charge in [0.05, 0.1) is 6.04 Å². The molecule has 0 saturated heterocycles. The Morgan fingerprint density at radius 2 is 1.65 bits per heavy atom. The van der Waals surface area contributed by atoms with Crippen LogP contribution in [0.1, 0.15) is 27.7 Å². The van der Waals surface area contributed by atoms with Gasteiger partial charge in [0.1, 0.15) is 0 Å². The van der Waals surface area contributed by atoms with Crippen molar-refractivity contribution in [3.63, 3.8) is 0 Å². The van der Waals surface area contributed by atoms with Gasteiger partial charge in [0.2, 0.25) is 5.91 Å². The molecule has 0 spiro atoms. The summed E-state index contributed by atoms with van der Waals surface area (Å²) >= 11 is 0. The van der Waals surface area contributed by atoms with Gasteiger partial charge in [0.25, 0.3) is 0 Å². The van der Waals surface area contributed by atoms with Gasteiger partial charge in [-0.15, -0.1) is 0 Å². The molecule has 0 aliphatic carbocycles. The van der Waals surface area contributed by atoms with Crippen LogP contribution in [0.5, 0.6) is 0 Å². The quantitative estimate of drug-likeness (QED) is 0.822. The fourth-order valence-electron chi connectivity index (χ4n) is 1.43. The maximum absolute atomic E-state index is 11.9. The molecule has 17 heavy (non-hydrogen) atoms. The molecular formula is C14H22N2O. The van der Waals surface area contributed by atoms with E-state index >= 15 is 0 Å². The third kappa shape index (κ3) is 4.57. The Kier molecular flexibility index (Phi) is 5.16. The van der Waals surface area contributed by atoms with Crippen LogP contribution in [0, 0.1) is 5.92 Å². The molecule has 1 rings (SSSR count). The predicted molar refractivity (Wildman–Crippen MR) is 72.0 cm³/mol. The first-order chi connectivity index (χ1) is 8.00. The molecule has 2 atom stereocenters. The molecule has 0 heterocycles. The lowest BCUT2D eigenvalue weighted by atomic mass is 10.1. The van der Waals surface area contributed by atoms with E-state index in [0.29, 0.717) is 12.0 Å². The largest absolute Gasteiger partial charge is 0.325 e. The summed E-state index contributed by atoms with van der Waals surface area (Å²) in [6.45, 7) is 8.26. The average molecular weight is 234 g/mol. The molecule has 0 aliphatic rings. The Morgan fingerprint density at radius 1 is 1.06 bits per heavy atom. The first-order valence-electron chi connectivity index (χ1n) is 6.12. The van der Waals surface area contributed by atoms with Crippen LogP contribution in [0.25, 0.3) is 0 Å². The van der Waals surface area contributed by atoms with E-state index < -0.39 is 0 Å². The minimum Gasteiger partial charge on any atom is -0.325 e. The number of anilines is 1. The lowest BCUT2D eigenvalue weighted by Gasteiger charge is -2.22. The van der Waals surface area contributed by atoms with Gasteiger partial charge in [-0.3, -0.25) is 4.79 Å². The van der Waals surface area contributed by atoms with Crippen molar-refractivity contribution < 1.29 is 4.79 Å². The van der Waals surface area contributed by atoms with Gasteiger partial charge in [-0.2, -0.15) is 0 Å². The van der Waals surface area contributed by atoms with Gasteiger partial charge in [0.15, 0.2) is 0 Å². The molecule has 3 nitrogen and oxygen atoms in total. The molecule has 1 aromatic rings. The zero-order valence-electron chi connectivity index (χ0n) is 11.0. The summed E-state index contributed by atoms with van der Waals surface area (Å²) in [7, 11) is 0. The van der Waals surface area contributed by atoms with E-state index in [9.17, 15) is 4.79 Å². The number of carbonyl (C=O) groups excluding carboxylic acids is 1. The number of rotatable bonds is 5. The van der Waals surface area contributed by atoms with Gasteiger partial charge in [0, 0.05) is 11.7 Å². The highest BCUT2D eigenvalue weighted by atomic mass is 16.2. The van der Waals surface area contributed by atoms with Crippen molar-refractivity contribution in [3.8, 4) is 0 Å². The number of hydrogen-bond donors (Lipinski definition) is 2. The second-order valence-electron chi connectivity index (χ2n) is 4.78. The van der Waals surface area contributed by atoms with Crippen LogP contribution in [0.2, 0.25) is 0 Å². The van der Waals surface area contributed by atoms with Crippen LogP contribution in [-0.2, 0) is 4.79 Å². The first kappa shape index (κ1) is 13.7. The Labute approximate surface area is 104 Å². The van der Waals surface area contributed by atoms with Crippen LogP contribution >= 0.6 is 0 Å². The fourth-order valence-corrected chi connectivity index (χ4v) is 1.43. The van der Waals surface area contributed by atoms with Crippen LogP contribution in [-0.4, -0.2) is 18.0 Å². The smallest absolute Gasteiger partial charge is 0.241 e. The van der Waals surface area contributed by atoms with Crippen LogP contribution in [0.15, 0.2) is 30.3 Å². The van der Waals surface area contributed by atoms with Gasteiger partial charge >= 0.3 is 0 Å². The van der Waals surface area contributed by atoms with E-state index in [1.165, 1.54) is 0 Å². The molecule has 0 saturated carbocycles. The lowest BCUT2D eigenvalue weighted by molar-refractivity contribution is -0.118. The van der Waals surface area contributed by atoms with Crippen molar-refractivity contribution in [2.45, 2.75) is 39.8 Å². The zero-order valence-corrected chi connectivity index (χ0v) is 11.0. The summed E-state index contributed by atoms with van der Waals surface area (Å²) in [5, 5.41) is 6.17. The van der Waals surface area contributed by atoms with Crippen molar-refractivity contribution in [3.05, 3.63) is 30.3 Å². The van der Waals surface area contributed by atoms with Crippen molar-refractivity contribution in [1.29, 1.82) is 0 Å². The molecule has 0 bridgehead atoms. The minimum atomic E-state index is -0.187. The summed E-state index contributed by atoms with van der Waals surface area (Å²) in [5.41, 5.74) is 0.836. The van der Waals surface area contributed by atoms with E-state index in [1.54, 1.807) is 0 Å². The highest BCUT2D eigenvalue weighted by Crippen LogP contribution is 2.06. The summed E-state index contributed by atoms with van der Waals surface area (Å²) in [4.78, 5) is 11.9. The number of carbonyl (C=O) groups is 1. The topological polar surface area (TPSA) is 41.1 Å². The molecule has 0 radical (unpaired) electrons. The predicted octanol–water partition coefficient (Wildman–Crippen LogP) is 2.65. The van der Waals surface area contributed by atoms with Crippen molar-refractivity contribution in [2.24, 2.45) is 5.92 Å². The monoisotopic (exact) mass is 234 g/mol. The molecule has 1 aromatic carbocycles. The maximum Gasteiger partial charge on any atom is 0.241 e. The summed E-state index contributed by atoms with van der Waals surface area (Å²) in [6.07, 6.45) is 0. The molecule has 2 unspecified atom stereocenters. The molecular weight excluding hydrogens is 212 g/mol. The summed E-state index contributed by atoms with van der Waals surface area (Å²) in [5.74, 6) is 0.519. The highest BCUT2D eigenvalue weighted by molar-refractivity contribution is 5.94. The van der Waals surface area contributed by atoms with E-state index in [-0.39, 0.29) is 11.9 Å². The number of hydrogen-bond acceptors (Lipinski definition) is 2. The SMILES string of the molecule is CC(NC(C)C(C)C)C(=O)Nc1ccccc1. The highest BCUT2D eigenvalue weighted by Gasteiger charge is 2.16. The van der Waals surface area contributed by atoms with E-state index in [4.69, 9.17) is 0 Å². The second-order valence-corrected chi connectivity index (χ2v) is 4.78. The van der Waals surface area contributed by atoms with Crippen LogP contribution in [0.4, 0.5) is 5.69 Å². The molecule has 1 amide bonds. The van der Waals surface area contributed by atoms with E-state index in [1.807, 2.05) is 37.3 Å². The third-order valence-electron chi connectivity index (χ3n) is 2.95. The van der Waals surface area contributed by atoms with Crippen molar-refractivity contribution >= 4 is 11.6 Å². The third-order valence-corrected chi connectivity index (χ3v) is 2.95. The van der Waals surface area contributed by atoms with Crippen molar-refractivity contribution in [1.82, 2.24) is 5.32 Å². The number of para-hydroxylation sites is 1.